The van der Waals surface area contributed by atoms with Crippen LogP contribution in [0.5, 0.6) is 5.75 Å². The van der Waals surface area contributed by atoms with Gasteiger partial charge in [0.05, 0.1) is 5.25 Å². The van der Waals surface area contributed by atoms with Gasteiger partial charge in [0, 0.05) is 27.0 Å². The molecule has 0 radical (unpaired) electrons. The highest BCUT2D eigenvalue weighted by Gasteiger charge is 2.27. The number of phenolic OH excluding ortho intramolecular Hbond substituents is 1. The highest BCUT2D eigenvalue weighted by molar-refractivity contribution is 8.04. The van der Waals surface area contributed by atoms with Gasteiger partial charge in [0.1, 0.15) is 5.75 Å². The second-order valence-electron chi connectivity index (χ2n) is 8.61. The zero-order valence-electron chi connectivity index (χ0n) is 16.6. The van der Waals surface area contributed by atoms with Gasteiger partial charge in [-0.25, -0.2) is 0 Å². The van der Waals surface area contributed by atoms with Crippen LogP contribution >= 0.6 is 23.5 Å². The molecule has 3 nitrogen and oxygen atoms in total. The first-order valence-corrected chi connectivity index (χ1v) is 10.6. The number of hydrogen-bond acceptors (Lipinski definition) is 4. The average Bonchev–Trinajstić information content (AvgIpc) is 2.43. The van der Waals surface area contributed by atoms with Gasteiger partial charge < -0.3 is 10.2 Å². The van der Waals surface area contributed by atoms with Gasteiger partial charge in [-0.15, -0.1) is 23.5 Å². The van der Waals surface area contributed by atoms with Crippen LogP contribution in [-0.2, 0) is 15.6 Å². The van der Waals surface area contributed by atoms with Gasteiger partial charge in [0.15, 0.2) is 0 Å². The summed E-state index contributed by atoms with van der Waals surface area (Å²) in [6.07, 6.45) is 0. The summed E-state index contributed by atoms with van der Waals surface area (Å²) in [5, 5.41) is 19.7. The number of aliphatic carboxylic acids is 1. The molecule has 0 aliphatic heterocycles. The number of benzene rings is 1. The van der Waals surface area contributed by atoms with E-state index in [-0.39, 0.29) is 16.1 Å². The van der Waals surface area contributed by atoms with Crippen LogP contribution in [-0.4, -0.2) is 32.4 Å². The Bertz CT molecular complexity index is 577. The predicted molar refractivity (Wildman–Crippen MR) is 110 cm³/mol. The van der Waals surface area contributed by atoms with Crippen molar-refractivity contribution in [3.05, 3.63) is 23.3 Å². The van der Waals surface area contributed by atoms with Crippen LogP contribution in [0.4, 0.5) is 0 Å². The summed E-state index contributed by atoms with van der Waals surface area (Å²) in [5.41, 5.74) is 1.63. The van der Waals surface area contributed by atoms with E-state index in [1.165, 1.54) is 11.8 Å². The fourth-order valence-corrected chi connectivity index (χ4v) is 4.48. The summed E-state index contributed by atoms with van der Waals surface area (Å²) < 4.78 is 0. The lowest BCUT2D eigenvalue weighted by molar-refractivity contribution is -0.136. The highest BCUT2D eigenvalue weighted by atomic mass is 32.2. The van der Waals surface area contributed by atoms with Gasteiger partial charge in [-0.1, -0.05) is 48.5 Å². The Hall–Kier alpha value is -0.810. The zero-order valence-corrected chi connectivity index (χ0v) is 18.3. The number of thioether (sulfide) groups is 2. The Morgan fingerprint density at radius 3 is 1.84 bits per heavy atom. The summed E-state index contributed by atoms with van der Waals surface area (Å²) in [7, 11) is 0. The molecule has 0 amide bonds. The Balaban J connectivity index is 3.09. The van der Waals surface area contributed by atoms with Crippen LogP contribution in [0, 0.1) is 0 Å². The number of carboxylic acid groups (broad SMARTS) is 1. The fourth-order valence-electron chi connectivity index (χ4n) is 2.44. The Morgan fingerprint density at radius 1 is 1.04 bits per heavy atom. The van der Waals surface area contributed by atoms with E-state index in [0.717, 1.165) is 21.8 Å². The molecule has 5 heteroatoms. The molecule has 1 aromatic carbocycles. The maximum Gasteiger partial charge on any atom is 0.316 e. The van der Waals surface area contributed by atoms with E-state index in [0.29, 0.717) is 5.75 Å². The van der Waals surface area contributed by atoms with E-state index >= 15 is 0 Å². The molecular weight excluding hydrogens is 352 g/mol. The monoisotopic (exact) mass is 384 g/mol. The maximum absolute atomic E-state index is 11.0. The molecule has 0 aliphatic rings. The third-order valence-corrected chi connectivity index (χ3v) is 6.65. The lowest BCUT2D eigenvalue weighted by Crippen LogP contribution is -2.18. The van der Waals surface area contributed by atoms with Gasteiger partial charge in [-0.05, 0) is 29.9 Å². The molecule has 2 N–H and O–H groups in total. The van der Waals surface area contributed by atoms with E-state index in [9.17, 15) is 9.90 Å². The van der Waals surface area contributed by atoms with Crippen LogP contribution in [0.25, 0.3) is 0 Å². The molecular formula is C20H32O3S2. The first kappa shape index (κ1) is 22.2. The first-order chi connectivity index (χ1) is 11.2. The molecule has 0 aliphatic carbocycles. The molecule has 0 aromatic heterocycles. The average molecular weight is 385 g/mol. The summed E-state index contributed by atoms with van der Waals surface area (Å²) in [6.45, 7) is 16.5. The van der Waals surface area contributed by atoms with E-state index in [4.69, 9.17) is 5.11 Å². The standard InChI is InChI=1S/C20H32O3S2/c1-12(11-24-13(2)18(22)23)25-14-9-15(19(3,4)5)17(21)16(10-14)20(6,7)8/h9-10,12-13,21H,11H2,1-8H3,(H,22,23). The SMILES string of the molecule is CC(CSC(C)C(=O)O)Sc1cc(C(C)(C)C)c(O)c(C(C)(C)C)c1. The second-order valence-corrected chi connectivity index (χ2v) is 11.5. The number of hydrogen-bond donors (Lipinski definition) is 2. The predicted octanol–water partition coefficient (Wildman–Crippen LogP) is 5.67. The Labute approximate surface area is 161 Å². The minimum atomic E-state index is -0.767. The zero-order chi connectivity index (χ0) is 19.6. The van der Waals surface area contributed by atoms with E-state index in [1.54, 1.807) is 18.7 Å². The van der Waals surface area contributed by atoms with E-state index in [1.807, 2.05) is 0 Å². The smallest absolute Gasteiger partial charge is 0.316 e. The summed E-state index contributed by atoms with van der Waals surface area (Å²) in [4.78, 5) is 12.1. The van der Waals surface area contributed by atoms with Crippen LogP contribution in [0.3, 0.4) is 0 Å². The fraction of sp³-hybridized carbons (Fsp3) is 0.650. The van der Waals surface area contributed by atoms with Crippen molar-refractivity contribution < 1.29 is 15.0 Å². The van der Waals surface area contributed by atoms with Crippen LogP contribution < -0.4 is 0 Å². The summed E-state index contributed by atoms with van der Waals surface area (Å²) >= 11 is 3.21. The molecule has 2 atom stereocenters. The van der Waals surface area contributed by atoms with Crippen molar-refractivity contribution in [3.8, 4) is 5.75 Å². The van der Waals surface area contributed by atoms with Crippen LogP contribution in [0.1, 0.15) is 66.5 Å². The molecule has 1 rings (SSSR count). The molecule has 142 valence electrons. The molecule has 0 saturated carbocycles. The van der Waals surface area contributed by atoms with Crippen molar-refractivity contribution in [1.82, 2.24) is 0 Å². The molecule has 0 fully saturated rings. The number of aromatic hydroxyl groups is 1. The van der Waals surface area contributed by atoms with Crippen LogP contribution in [0.15, 0.2) is 17.0 Å². The molecule has 25 heavy (non-hydrogen) atoms. The molecule has 0 heterocycles. The van der Waals surface area contributed by atoms with Gasteiger partial charge in [0.25, 0.3) is 0 Å². The Morgan fingerprint density at radius 2 is 1.48 bits per heavy atom. The maximum atomic E-state index is 11.0. The van der Waals surface area contributed by atoms with Gasteiger partial charge in [0.2, 0.25) is 0 Å². The number of phenols is 1. The first-order valence-electron chi connectivity index (χ1n) is 8.62. The number of rotatable bonds is 6. The van der Waals surface area contributed by atoms with Crippen LogP contribution in [0.2, 0.25) is 0 Å². The molecule has 0 bridgehead atoms. The number of carbonyl (C=O) groups is 1. The lowest BCUT2D eigenvalue weighted by Gasteiger charge is -2.28. The highest BCUT2D eigenvalue weighted by Crippen LogP contribution is 2.42. The Kier molecular flexibility index (Phi) is 7.34. The molecule has 1 aromatic rings. The van der Waals surface area contributed by atoms with E-state index < -0.39 is 11.2 Å². The van der Waals surface area contributed by atoms with Gasteiger partial charge in [-0.3, -0.25) is 4.79 Å². The molecule has 0 saturated heterocycles. The quantitative estimate of drug-likeness (QED) is 0.618. The van der Waals surface area contributed by atoms with Gasteiger partial charge >= 0.3 is 5.97 Å². The third-order valence-electron chi connectivity index (χ3n) is 3.97. The number of carboxylic acids is 1. The van der Waals surface area contributed by atoms with Crippen molar-refractivity contribution >= 4 is 29.5 Å². The minimum Gasteiger partial charge on any atom is -0.507 e. The molecule has 2 unspecified atom stereocenters. The van der Waals surface area contributed by atoms with Crippen molar-refractivity contribution in [1.29, 1.82) is 0 Å². The minimum absolute atomic E-state index is 0.142. The summed E-state index contributed by atoms with van der Waals surface area (Å²) in [5.74, 6) is 0.400. The summed E-state index contributed by atoms with van der Waals surface area (Å²) in [6, 6.07) is 4.16. The van der Waals surface area contributed by atoms with Crippen molar-refractivity contribution in [3.63, 3.8) is 0 Å². The third kappa shape index (κ3) is 6.45. The largest absolute Gasteiger partial charge is 0.507 e. The van der Waals surface area contributed by atoms with Crippen molar-refractivity contribution in [2.24, 2.45) is 0 Å². The van der Waals surface area contributed by atoms with Crippen molar-refractivity contribution in [2.75, 3.05) is 5.75 Å². The molecule has 0 spiro atoms. The van der Waals surface area contributed by atoms with E-state index in [2.05, 4.69) is 60.6 Å². The second kappa shape index (κ2) is 8.26. The van der Waals surface area contributed by atoms with Gasteiger partial charge in [-0.2, -0.15) is 0 Å². The van der Waals surface area contributed by atoms with Crippen molar-refractivity contribution in [2.45, 2.75) is 81.6 Å². The lowest BCUT2D eigenvalue weighted by atomic mass is 9.79. The topological polar surface area (TPSA) is 57.5 Å². The normalized spacial score (nSPS) is 15.0.